The van der Waals surface area contributed by atoms with Crippen molar-refractivity contribution in [3.05, 3.63) is 27.7 Å². The van der Waals surface area contributed by atoms with Gasteiger partial charge in [-0.2, -0.15) is 0 Å². The van der Waals surface area contributed by atoms with Crippen molar-refractivity contribution in [2.75, 3.05) is 6.54 Å². The summed E-state index contributed by atoms with van der Waals surface area (Å²) in [5.41, 5.74) is 5.93. The normalized spacial score (nSPS) is 15.0. The highest BCUT2D eigenvalue weighted by molar-refractivity contribution is 7.09. The molecule has 2 aromatic rings. The van der Waals surface area contributed by atoms with Gasteiger partial charge in [-0.05, 0) is 19.9 Å². The van der Waals surface area contributed by atoms with Crippen LogP contribution in [0.4, 0.5) is 0 Å². The number of carbonyl (C=O) groups is 1. The Bertz CT molecular complexity index is 649. The number of aromatic nitrogens is 4. The van der Waals surface area contributed by atoms with Crippen LogP contribution in [0.1, 0.15) is 46.5 Å². The second-order valence-electron chi connectivity index (χ2n) is 5.09. The Hall–Kier alpha value is -1.80. The number of thiazole rings is 1. The van der Waals surface area contributed by atoms with E-state index in [9.17, 15) is 4.79 Å². The fraction of sp³-hybridized carbons (Fsp3) is 0.538. The van der Waals surface area contributed by atoms with E-state index < -0.39 is 0 Å². The van der Waals surface area contributed by atoms with Crippen molar-refractivity contribution in [2.45, 2.75) is 38.8 Å². The second-order valence-corrected chi connectivity index (χ2v) is 6.03. The molecule has 7 nitrogen and oxygen atoms in total. The lowest BCUT2D eigenvalue weighted by atomic mass is 10.3. The zero-order valence-corrected chi connectivity index (χ0v) is 12.7. The standard InChI is InChI=1S/C13H18N6OS/c1-8(12-18-17-10-3-2-6-19(10)12)15-13(20)9-7-21-11(16-9)4-5-14/h7-8H,2-6,14H2,1H3,(H,15,20). The van der Waals surface area contributed by atoms with Crippen molar-refractivity contribution in [1.82, 2.24) is 25.1 Å². The summed E-state index contributed by atoms with van der Waals surface area (Å²) in [6, 6.07) is -0.184. The topological polar surface area (TPSA) is 98.7 Å². The molecular weight excluding hydrogens is 288 g/mol. The summed E-state index contributed by atoms with van der Waals surface area (Å²) in [6.07, 6.45) is 2.75. The van der Waals surface area contributed by atoms with Gasteiger partial charge in [0.05, 0.1) is 11.0 Å². The molecule has 3 rings (SSSR count). The van der Waals surface area contributed by atoms with Crippen molar-refractivity contribution in [1.29, 1.82) is 0 Å². The smallest absolute Gasteiger partial charge is 0.271 e. The van der Waals surface area contributed by atoms with Crippen LogP contribution in [0.3, 0.4) is 0 Å². The molecule has 0 aromatic carbocycles. The average molecular weight is 306 g/mol. The Morgan fingerprint density at radius 3 is 3.24 bits per heavy atom. The quantitative estimate of drug-likeness (QED) is 0.846. The van der Waals surface area contributed by atoms with Gasteiger partial charge in [-0.3, -0.25) is 4.79 Å². The first-order chi connectivity index (χ1) is 10.2. The van der Waals surface area contributed by atoms with Crippen LogP contribution in [0.2, 0.25) is 0 Å². The van der Waals surface area contributed by atoms with Gasteiger partial charge in [-0.1, -0.05) is 0 Å². The van der Waals surface area contributed by atoms with Crippen LogP contribution in [0.25, 0.3) is 0 Å². The van der Waals surface area contributed by atoms with E-state index in [1.807, 2.05) is 6.92 Å². The van der Waals surface area contributed by atoms with Crippen LogP contribution in [0.15, 0.2) is 5.38 Å². The van der Waals surface area contributed by atoms with Gasteiger partial charge < -0.3 is 15.6 Å². The van der Waals surface area contributed by atoms with Gasteiger partial charge >= 0.3 is 0 Å². The van der Waals surface area contributed by atoms with E-state index in [0.717, 1.165) is 36.0 Å². The third kappa shape index (κ3) is 2.81. The van der Waals surface area contributed by atoms with E-state index in [2.05, 4.69) is 25.1 Å². The van der Waals surface area contributed by atoms with Gasteiger partial charge in [0.1, 0.15) is 11.5 Å². The maximum atomic E-state index is 12.2. The highest BCUT2D eigenvalue weighted by atomic mass is 32.1. The van der Waals surface area contributed by atoms with E-state index in [0.29, 0.717) is 18.7 Å². The molecule has 112 valence electrons. The minimum absolute atomic E-state index is 0.183. The van der Waals surface area contributed by atoms with Crippen molar-refractivity contribution in [3.63, 3.8) is 0 Å². The van der Waals surface area contributed by atoms with Crippen molar-refractivity contribution >= 4 is 17.2 Å². The first-order valence-corrected chi connectivity index (χ1v) is 7.94. The number of nitrogens with two attached hydrogens (primary N) is 1. The average Bonchev–Trinajstić information content (AvgIpc) is 3.14. The van der Waals surface area contributed by atoms with Gasteiger partial charge in [0, 0.05) is 24.8 Å². The predicted molar refractivity (Wildman–Crippen MR) is 79.1 cm³/mol. The summed E-state index contributed by atoms with van der Waals surface area (Å²) < 4.78 is 2.09. The van der Waals surface area contributed by atoms with Crippen LogP contribution in [0, 0.1) is 0 Å². The molecule has 1 aliphatic rings. The number of hydrogen-bond acceptors (Lipinski definition) is 6. The van der Waals surface area contributed by atoms with E-state index in [1.54, 1.807) is 5.38 Å². The summed E-state index contributed by atoms with van der Waals surface area (Å²) in [4.78, 5) is 16.5. The summed E-state index contributed by atoms with van der Waals surface area (Å²) >= 11 is 1.46. The number of nitrogens with one attached hydrogen (secondary N) is 1. The van der Waals surface area contributed by atoms with Crippen LogP contribution in [0.5, 0.6) is 0 Å². The molecule has 1 aliphatic heterocycles. The van der Waals surface area contributed by atoms with Crippen LogP contribution in [-0.4, -0.2) is 32.2 Å². The molecule has 0 aliphatic carbocycles. The molecule has 0 saturated heterocycles. The number of nitrogens with zero attached hydrogens (tertiary/aromatic N) is 4. The Kier molecular flexibility index (Phi) is 3.98. The number of rotatable bonds is 5. The van der Waals surface area contributed by atoms with Crippen LogP contribution in [-0.2, 0) is 19.4 Å². The number of hydrogen-bond donors (Lipinski definition) is 2. The Morgan fingerprint density at radius 1 is 1.57 bits per heavy atom. The number of amides is 1. The number of aryl methyl sites for hydroxylation is 1. The maximum Gasteiger partial charge on any atom is 0.271 e. The SMILES string of the molecule is CC(NC(=O)c1csc(CCN)n1)c1nnc2n1CCC2. The van der Waals surface area contributed by atoms with Crippen molar-refractivity contribution in [2.24, 2.45) is 5.73 Å². The Morgan fingerprint density at radius 2 is 2.43 bits per heavy atom. The molecule has 0 fully saturated rings. The predicted octanol–water partition coefficient (Wildman–Crippen LogP) is 0.673. The number of carbonyl (C=O) groups excluding carboxylic acids is 1. The fourth-order valence-corrected chi connectivity index (χ4v) is 3.28. The first kappa shape index (κ1) is 14.2. The summed E-state index contributed by atoms with van der Waals surface area (Å²) in [7, 11) is 0. The van der Waals surface area contributed by atoms with Gasteiger partial charge in [-0.15, -0.1) is 21.5 Å². The summed E-state index contributed by atoms with van der Waals surface area (Å²) in [6.45, 7) is 3.38. The molecule has 1 amide bonds. The summed E-state index contributed by atoms with van der Waals surface area (Å²) in [5, 5.41) is 13.9. The lowest BCUT2D eigenvalue weighted by Crippen LogP contribution is -2.29. The molecular formula is C13H18N6OS. The second kappa shape index (κ2) is 5.90. The maximum absolute atomic E-state index is 12.2. The fourth-order valence-electron chi connectivity index (χ4n) is 2.48. The molecule has 1 atom stereocenters. The highest BCUT2D eigenvalue weighted by Crippen LogP contribution is 2.19. The van der Waals surface area contributed by atoms with Gasteiger partial charge in [0.15, 0.2) is 5.82 Å². The van der Waals surface area contributed by atoms with E-state index in [4.69, 9.17) is 5.73 Å². The van der Waals surface area contributed by atoms with E-state index in [-0.39, 0.29) is 11.9 Å². The monoisotopic (exact) mass is 306 g/mol. The zero-order chi connectivity index (χ0) is 14.8. The van der Waals surface area contributed by atoms with E-state index >= 15 is 0 Å². The van der Waals surface area contributed by atoms with E-state index in [1.165, 1.54) is 11.3 Å². The molecule has 0 spiro atoms. The lowest BCUT2D eigenvalue weighted by molar-refractivity contribution is 0.0933. The highest BCUT2D eigenvalue weighted by Gasteiger charge is 2.23. The first-order valence-electron chi connectivity index (χ1n) is 7.06. The molecule has 1 unspecified atom stereocenters. The molecule has 8 heteroatoms. The van der Waals surface area contributed by atoms with Gasteiger partial charge in [0.2, 0.25) is 0 Å². The molecule has 3 heterocycles. The van der Waals surface area contributed by atoms with Crippen molar-refractivity contribution in [3.8, 4) is 0 Å². The van der Waals surface area contributed by atoms with Gasteiger partial charge in [0.25, 0.3) is 5.91 Å². The molecule has 2 aromatic heterocycles. The molecule has 3 N–H and O–H groups in total. The largest absolute Gasteiger partial charge is 0.341 e. The zero-order valence-electron chi connectivity index (χ0n) is 11.9. The Balaban J connectivity index is 1.68. The van der Waals surface area contributed by atoms with Crippen LogP contribution < -0.4 is 11.1 Å². The third-order valence-corrected chi connectivity index (χ3v) is 4.42. The third-order valence-electron chi connectivity index (χ3n) is 3.52. The molecule has 21 heavy (non-hydrogen) atoms. The molecule has 0 radical (unpaired) electrons. The van der Waals surface area contributed by atoms with Gasteiger partial charge in [-0.25, -0.2) is 4.98 Å². The molecule has 0 saturated carbocycles. The number of fused-ring (bicyclic) bond motifs is 1. The van der Waals surface area contributed by atoms with Crippen molar-refractivity contribution < 1.29 is 4.79 Å². The van der Waals surface area contributed by atoms with Crippen LogP contribution >= 0.6 is 11.3 Å². The minimum atomic E-state index is -0.184. The summed E-state index contributed by atoms with van der Waals surface area (Å²) in [5.74, 6) is 1.63. The Labute approximate surface area is 126 Å². The lowest BCUT2D eigenvalue weighted by Gasteiger charge is -2.12. The molecule has 0 bridgehead atoms. The minimum Gasteiger partial charge on any atom is -0.341 e.